The van der Waals surface area contributed by atoms with Gasteiger partial charge in [0.1, 0.15) is 5.02 Å². The summed E-state index contributed by atoms with van der Waals surface area (Å²) in [6.45, 7) is 2.93. The number of benzene rings is 1. The Labute approximate surface area is 155 Å². The smallest absolute Gasteiger partial charge is 0.227 e. The number of aryl methyl sites for hydroxylation is 2. The Morgan fingerprint density at radius 2 is 1.96 bits per heavy atom. The number of nitrogens with one attached hydrogen (secondary N) is 1. The second kappa shape index (κ2) is 7.72. The molecule has 130 valence electrons. The number of halogens is 2. The second-order valence-electron chi connectivity index (χ2n) is 5.69. The first-order valence-corrected chi connectivity index (χ1v) is 8.52. The molecule has 6 nitrogen and oxygen atoms in total. The summed E-state index contributed by atoms with van der Waals surface area (Å²) in [6, 6.07) is 7.52. The molecule has 0 radical (unpaired) electrons. The van der Waals surface area contributed by atoms with Crippen LogP contribution in [0.2, 0.25) is 10.0 Å². The van der Waals surface area contributed by atoms with Crippen molar-refractivity contribution >= 4 is 34.9 Å². The molecular weight excluding hydrogens is 361 g/mol. The number of amides is 1. The molecule has 0 spiro atoms. The average molecular weight is 378 g/mol. The van der Waals surface area contributed by atoms with Gasteiger partial charge in [-0.05, 0) is 24.1 Å². The van der Waals surface area contributed by atoms with E-state index in [1.165, 1.54) is 0 Å². The Morgan fingerprint density at radius 3 is 2.68 bits per heavy atom. The first-order valence-electron chi connectivity index (χ1n) is 7.76. The molecule has 25 heavy (non-hydrogen) atoms. The molecule has 0 saturated heterocycles. The Hall–Kier alpha value is -2.31. The highest BCUT2D eigenvalue weighted by atomic mass is 35.5. The molecule has 0 aliphatic carbocycles. The summed E-state index contributed by atoms with van der Waals surface area (Å²) < 4.78 is 3.38. The van der Waals surface area contributed by atoms with Gasteiger partial charge in [0.25, 0.3) is 0 Å². The van der Waals surface area contributed by atoms with Crippen molar-refractivity contribution in [1.29, 1.82) is 0 Å². The predicted molar refractivity (Wildman–Crippen MR) is 98.0 cm³/mol. The predicted octanol–water partition coefficient (Wildman–Crippen LogP) is 3.77. The lowest BCUT2D eigenvalue weighted by molar-refractivity contribution is -0.116. The maximum atomic E-state index is 12.1. The van der Waals surface area contributed by atoms with Crippen LogP contribution in [0, 0.1) is 6.92 Å². The summed E-state index contributed by atoms with van der Waals surface area (Å²) in [5.41, 5.74) is 1.98. The Kier molecular flexibility index (Phi) is 5.40. The van der Waals surface area contributed by atoms with Crippen molar-refractivity contribution in [1.82, 2.24) is 19.6 Å². The van der Waals surface area contributed by atoms with Crippen LogP contribution in [0.25, 0.3) is 0 Å². The zero-order chi connectivity index (χ0) is 17.8. The Balaban J connectivity index is 1.60. The van der Waals surface area contributed by atoms with Crippen LogP contribution in [-0.2, 0) is 17.9 Å². The third kappa shape index (κ3) is 4.61. The van der Waals surface area contributed by atoms with E-state index in [1.807, 2.05) is 37.4 Å². The minimum absolute atomic E-state index is 0.168. The van der Waals surface area contributed by atoms with Crippen LogP contribution in [0.1, 0.15) is 17.5 Å². The van der Waals surface area contributed by atoms with Crippen molar-refractivity contribution in [2.45, 2.75) is 26.4 Å². The van der Waals surface area contributed by atoms with E-state index in [9.17, 15) is 4.79 Å². The quantitative estimate of drug-likeness (QED) is 0.710. The molecule has 8 heteroatoms. The van der Waals surface area contributed by atoms with Gasteiger partial charge in [-0.15, -0.1) is 0 Å². The molecule has 1 amide bonds. The number of rotatable bonds is 6. The van der Waals surface area contributed by atoms with Gasteiger partial charge in [0.05, 0.1) is 12.7 Å². The fourth-order valence-corrected chi connectivity index (χ4v) is 2.76. The normalized spacial score (nSPS) is 10.8. The lowest BCUT2D eigenvalue weighted by atomic mass is 10.2. The number of hydrogen-bond acceptors (Lipinski definition) is 3. The first kappa shape index (κ1) is 17.5. The van der Waals surface area contributed by atoms with Crippen LogP contribution in [0.15, 0.2) is 42.9 Å². The minimum atomic E-state index is -0.168. The summed E-state index contributed by atoms with van der Waals surface area (Å²) in [7, 11) is 0. The molecule has 1 N–H and O–H groups in total. The van der Waals surface area contributed by atoms with Crippen LogP contribution in [0.4, 0.5) is 5.82 Å². The van der Waals surface area contributed by atoms with Crippen LogP contribution < -0.4 is 5.32 Å². The molecule has 0 bridgehead atoms. The fraction of sp³-hybridized carbons (Fsp3) is 0.235. The van der Waals surface area contributed by atoms with Crippen molar-refractivity contribution in [3.05, 3.63) is 64.0 Å². The summed E-state index contributed by atoms with van der Waals surface area (Å²) in [5.74, 6) is 0.174. The topological polar surface area (TPSA) is 64.7 Å². The molecule has 0 saturated carbocycles. The van der Waals surface area contributed by atoms with Gasteiger partial charge >= 0.3 is 0 Å². The van der Waals surface area contributed by atoms with Gasteiger partial charge in [0.2, 0.25) is 5.91 Å². The van der Waals surface area contributed by atoms with Gasteiger partial charge in [0, 0.05) is 30.4 Å². The maximum Gasteiger partial charge on any atom is 0.227 e. The molecule has 2 aromatic heterocycles. The van der Waals surface area contributed by atoms with Crippen molar-refractivity contribution in [2.24, 2.45) is 0 Å². The molecule has 1 aromatic carbocycles. The van der Waals surface area contributed by atoms with Crippen molar-refractivity contribution in [3.8, 4) is 0 Å². The minimum Gasteiger partial charge on any atom is -0.308 e. The van der Waals surface area contributed by atoms with Gasteiger partial charge in [-0.2, -0.15) is 10.2 Å². The number of carbonyl (C=O) groups is 1. The molecule has 0 unspecified atom stereocenters. The largest absolute Gasteiger partial charge is 0.308 e. The second-order valence-corrected chi connectivity index (χ2v) is 6.51. The molecule has 3 rings (SSSR count). The summed E-state index contributed by atoms with van der Waals surface area (Å²) >= 11 is 12.3. The van der Waals surface area contributed by atoms with E-state index in [2.05, 4.69) is 15.5 Å². The van der Waals surface area contributed by atoms with Crippen LogP contribution >= 0.6 is 23.2 Å². The van der Waals surface area contributed by atoms with Crippen molar-refractivity contribution < 1.29 is 4.79 Å². The van der Waals surface area contributed by atoms with E-state index in [1.54, 1.807) is 21.8 Å². The van der Waals surface area contributed by atoms with Crippen molar-refractivity contribution in [3.63, 3.8) is 0 Å². The highest BCUT2D eigenvalue weighted by Gasteiger charge is 2.12. The van der Waals surface area contributed by atoms with E-state index >= 15 is 0 Å². The SMILES string of the molecule is Cc1cnn(CCC(=O)Nc2nn(Cc3ccccc3Cl)cc2Cl)c1. The highest BCUT2D eigenvalue weighted by Crippen LogP contribution is 2.22. The van der Waals surface area contributed by atoms with Gasteiger partial charge in [-0.3, -0.25) is 14.2 Å². The molecule has 3 aromatic rings. The molecule has 2 heterocycles. The zero-order valence-corrected chi connectivity index (χ0v) is 15.1. The number of hydrogen-bond donors (Lipinski definition) is 1. The summed E-state index contributed by atoms with van der Waals surface area (Å²) in [5, 5.41) is 12.2. The Morgan fingerprint density at radius 1 is 1.16 bits per heavy atom. The molecule has 0 atom stereocenters. The Bertz CT molecular complexity index is 887. The third-order valence-electron chi connectivity index (χ3n) is 3.60. The number of anilines is 1. The molecule has 0 aliphatic rings. The van der Waals surface area contributed by atoms with E-state index in [4.69, 9.17) is 23.2 Å². The van der Waals surface area contributed by atoms with Gasteiger partial charge in [0.15, 0.2) is 5.82 Å². The number of carbonyl (C=O) groups excluding carboxylic acids is 1. The lowest BCUT2D eigenvalue weighted by Crippen LogP contribution is -2.15. The van der Waals surface area contributed by atoms with E-state index in [0.717, 1.165) is 11.1 Å². The number of aromatic nitrogens is 4. The van der Waals surface area contributed by atoms with E-state index in [0.29, 0.717) is 29.0 Å². The number of nitrogens with zero attached hydrogens (tertiary/aromatic N) is 4. The maximum absolute atomic E-state index is 12.1. The van der Waals surface area contributed by atoms with E-state index in [-0.39, 0.29) is 12.3 Å². The fourth-order valence-electron chi connectivity index (χ4n) is 2.36. The van der Waals surface area contributed by atoms with Crippen LogP contribution in [0.3, 0.4) is 0 Å². The zero-order valence-electron chi connectivity index (χ0n) is 13.6. The van der Waals surface area contributed by atoms with Crippen LogP contribution in [0.5, 0.6) is 0 Å². The van der Waals surface area contributed by atoms with E-state index < -0.39 is 0 Å². The third-order valence-corrected chi connectivity index (χ3v) is 4.24. The molecule has 0 aliphatic heterocycles. The van der Waals surface area contributed by atoms with Gasteiger partial charge < -0.3 is 5.32 Å². The average Bonchev–Trinajstić information content (AvgIpc) is 3.14. The molecule has 0 fully saturated rings. The standard InChI is InChI=1S/C17H17Cl2N5O/c1-12-8-20-23(9-12)7-6-16(25)21-17-15(19)11-24(22-17)10-13-4-2-3-5-14(13)18/h2-5,8-9,11H,6-7,10H2,1H3,(H,21,22,25). The highest BCUT2D eigenvalue weighted by molar-refractivity contribution is 6.33. The van der Waals surface area contributed by atoms with Gasteiger partial charge in [-0.1, -0.05) is 41.4 Å². The lowest BCUT2D eigenvalue weighted by Gasteiger charge is -2.05. The summed E-state index contributed by atoms with van der Waals surface area (Å²) in [6.07, 6.45) is 5.59. The van der Waals surface area contributed by atoms with Crippen LogP contribution in [-0.4, -0.2) is 25.5 Å². The van der Waals surface area contributed by atoms with Gasteiger partial charge in [-0.25, -0.2) is 0 Å². The summed E-state index contributed by atoms with van der Waals surface area (Å²) in [4.78, 5) is 12.1. The first-order chi connectivity index (χ1) is 12.0. The van der Waals surface area contributed by atoms with Crippen molar-refractivity contribution in [2.75, 3.05) is 5.32 Å². The monoisotopic (exact) mass is 377 g/mol. The molecular formula is C17H17Cl2N5O.